The summed E-state index contributed by atoms with van der Waals surface area (Å²) in [6.45, 7) is 4.23. The molecule has 2 aromatic carbocycles. The summed E-state index contributed by atoms with van der Waals surface area (Å²) in [4.78, 5) is 18.9. The maximum Gasteiger partial charge on any atom is 0.242 e. The predicted molar refractivity (Wildman–Crippen MR) is 108 cm³/mol. The molecule has 3 rings (SSSR count). The molecule has 1 amide bonds. The Bertz CT molecular complexity index is 802. The number of para-hydroxylation sites is 1. The van der Waals surface area contributed by atoms with Crippen LogP contribution in [0.4, 0.5) is 5.69 Å². The third-order valence-corrected chi connectivity index (χ3v) is 4.50. The second-order valence-corrected chi connectivity index (χ2v) is 6.33. The standard InChI is InChI=1S/C21H26N4O2/c1-3-22-21(25-13-12-17-6-4-5-7-19(17)25)24-15-20(26)23-14-16-8-10-18(27-2)11-9-16/h4-11H,3,12-15H2,1-2H3,(H,22,24)(H,23,26). The number of guanidine groups is 1. The van der Waals surface area contributed by atoms with Crippen LogP contribution in [0.2, 0.25) is 0 Å². The largest absolute Gasteiger partial charge is 0.497 e. The van der Waals surface area contributed by atoms with Crippen molar-refractivity contribution in [3.8, 4) is 5.75 Å². The number of hydrogen-bond donors (Lipinski definition) is 2. The molecule has 0 atom stereocenters. The average molecular weight is 366 g/mol. The van der Waals surface area contributed by atoms with E-state index in [0.717, 1.165) is 42.5 Å². The van der Waals surface area contributed by atoms with Crippen LogP contribution in [0.1, 0.15) is 18.1 Å². The first-order chi connectivity index (χ1) is 13.2. The number of carbonyl (C=O) groups excluding carboxylic acids is 1. The maximum atomic E-state index is 12.2. The molecule has 0 bridgehead atoms. The number of anilines is 1. The molecule has 0 saturated heterocycles. The van der Waals surface area contributed by atoms with Crippen molar-refractivity contribution in [3.63, 3.8) is 0 Å². The number of aliphatic imine (C=N–C) groups is 1. The SMILES string of the molecule is CCNC(=NCC(=O)NCc1ccc(OC)cc1)N1CCc2ccccc21. The molecule has 0 aliphatic carbocycles. The normalized spacial score (nSPS) is 13.3. The van der Waals surface area contributed by atoms with Crippen LogP contribution >= 0.6 is 0 Å². The smallest absolute Gasteiger partial charge is 0.242 e. The minimum atomic E-state index is -0.103. The van der Waals surface area contributed by atoms with E-state index < -0.39 is 0 Å². The van der Waals surface area contributed by atoms with Crippen LogP contribution in [-0.2, 0) is 17.8 Å². The van der Waals surface area contributed by atoms with Gasteiger partial charge in [-0.2, -0.15) is 0 Å². The number of benzene rings is 2. The number of carbonyl (C=O) groups is 1. The molecular weight excluding hydrogens is 340 g/mol. The van der Waals surface area contributed by atoms with Crippen molar-refractivity contribution in [2.24, 2.45) is 4.99 Å². The van der Waals surface area contributed by atoms with Gasteiger partial charge in [0.05, 0.1) is 7.11 Å². The van der Waals surface area contributed by atoms with E-state index in [1.165, 1.54) is 5.56 Å². The van der Waals surface area contributed by atoms with Gasteiger partial charge >= 0.3 is 0 Å². The molecule has 27 heavy (non-hydrogen) atoms. The molecule has 1 heterocycles. The first-order valence-electron chi connectivity index (χ1n) is 9.24. The number of fused-ring (bicyclic) bond motifs is 1. The first-order valence-corrected chi connectivity index (χ1v) is 9.24. The summed E-state index contributed by atoms with van der Waals surface area (Å²) in [5.41, 5.74) is 3.50. The Balaban J connectivity index is 1.59. The van der Waals surface area contributed by atoms with Gasteiger partial charge in [-0.05, 0) is 42.7 Å². The first kappa shape index (κ1) is 18.8. The summed E-state index contributed by atoms with van der Waals surface area (Å²) < 4.78 is 5.14. The molecular formula is C21H26N4O2. The molecule has 2 N–H and O–H groups in total. The fraction of sp³-hybridized carbons (Fsp3) is 0.333. The number of ether oxygens (including phenoxy) is 1. The number of nitrogens with zero attached hydrogens (tertiary/aromatic N) is 2. The van der Waals surface area contributed by atoms with Gasteiger partial charge in [0, 0.05) is 25.3 Å². The zero-order valence-corrected chi connectivity index (χ0v) is 15.9. The molecule has 1 aliphatic rings. The number of rotatable bonds is 6. The summed E-state index contributed by atoms with van der Waals surface area (Å²) in [5, 5.41) is 6.20. The summed E-state index contributed by atoms with van der Waals surface area (Å²) in [5.74, 6) is 1.45. The van der Waals surface area contributed by atoms with Crippen LogP contribution in [-0.4, -0.2) is 38.6 Å². The van der Waals surface area contributed by atoms with Crippen LogP contribution in [0.15, 0.2) is 53.5 Å². The zero-order valence-electron chi connectivity index (χ0n) is 15.9. The lowest BCUT2D eigenvalue weighted by atomic mass is 10.2. The van der Waals surface area contributed by atoms with Gasteiger partial charge in [-0.25, -0.2) is 4.99 Å². The maximum absolute atomic E-state index is 12.2. The third-order valence-electron chi connectivity index (χ3n) is 4.50. The van der Waals surface area contributed by atoms with E-state index in [-0.39, 0.29) is 12.5 Å². The Kier molecular flexibility index (Phi) is 6.30. The van der Waals surface area contributed by atoms with Gasteiger partial charge in [0.15, 0.2) is 5.96 Å². The molecule has 0 radical (unpaired) electrons. The van der Waals surface area contributed by atoms with Gasteiger partial charge in [0.1, 0.15) is 12.3 Å². The molecule has 1 aliphatic heterocycles. The van der Waals surface area contributed by atoms with Gasteiger partial charge in [0.25, 0.3) is 0 Å². The summed E-state index contributed by atoms with van der Waals surface area (Å²) >= 11 is 0. The lowest BCUT2D eigenvalue weighted by Gasteiger charge is -2.22. The van der Waals surface area contributed by atoms with E-state index in [1.54, 1.807) is 7.11 Å². The molecule has 0 spiro atoms. The average Bonchev–Trinajstić information content (AvgIpc) is 3.14. The molecule has 2 aromatic rings. The highest BCUT2D eigenvalue weighted by Crippen LogP contribution is 2.27. The van der Waals surface area contributed by atoms with Crippen molar-refractivity contribution in [1.29, 1.82) is 0 Å². The highest BCUT2D eigenvalue weighted by atomic mass is 16.5. The second kappa shape index (κ2) is 9.07. The van der Waals surface area contributed by atoms with Gasteiger partial charge in [0.2, 0.25) is 5.91 Å². The lowest BCUT2D eigenvalue weighted by Crippen LogP contribution is -2.41. The Hall–Kier alpha value is -3.02. The number of hydrogen-bond acceptors (Lipinski definition) is 3. The summed E-state index contributed by atoms with van der Waals surface area (Å²) in [6, 6.07) is 16.0. The third kappa shape index (κ3) is 4.78. The minimum absolute atomic E-state index is 0.0944. The van der Waals surface area contributed by atoms with Crippen LogP contribution in [0.5, 0.6) is 5.75 Å². The van der Waals surface area contributed by atoms with E-state index >= 15 is 0 Å². The highest BCUT2D eigenvalue weighted by Gasteiger charge is 2.22. The molecule has 142 valence electrons. The van der Waals surface area contributed by atoms with Gasteiger partial charge in [-0.3, -0.25) is 4.79 Å². The van der Waals surface area contributed by atoms with Gasteiger partial charge in [-0.15, -0.1) is 0 Å². The van der Waals surface area contributed by atoms with Crippen molar-refractivity contribution < 1.29 is 9.53 Å². The molecule has 0 saturated carbocycles. The van der Waals surface area contributed by atoms with Crippen molar-refractivity contribution >= 4 is 17.6 Å². The number of methoxy groups -OCH3 is 1. The second-order valence-electron chi connectivity index (χ2n) is 6.33. The van der Waals surface area contributed by atoms with E-state index in [0.29, 0.717) is 6.54 Å². The Labute approximate surface area is 160 Å². The highest BCUT2D eigenvalue weighted by molar-refractivity contribution is 5.99. The monoisotopic (exact) mass is 366 g/mol. The number of amides is 1. The number of nitrogens with one attached hydrogen (secondary N) is 2. The Morgan fingerprint density at radius 3 is 2.67 bits per heavy atom. The predicted octanol–water partition coefficient (Wildman–Crippen LogP) is 2.34. The van der Waals surface area contributed by atoms with Gasteiger partial charge < -0.3 is 20.3 Å². The van der Waals surface area contributed by atoms with Crippen LogP contribution in [0.25, 0.3) is 0 Å². The Morgan fingerprint density at radius 1 is 1.15 bits per heavy atom. The summed E-state index contributed by atoms with van der Waals surface area (Å²) in [7, 11) is 1.63. The van der Waals surface area contributed by atoms with Crippen LogP contribution in [0, 0.1) is 0 Å². The van der Waals surface area contributed by atoms with E-state index in [1.807, 2.05) is 37.3 Å². The van der Waals surface area contributed by atoms with Crippen molar-refractivity contribution in [3.05, 3.63) is 59.7 Å². The van der Waals surface area contributed by atoms with E-state index in [9.17, 15) is 4.79 Å². The summed E-state index contributed by atoms with van der Waals surface area (Å²) in [6.07, 6.45) is 0.990. The van der Waals surface area contributed by atoms with E-state index in [4.69, 9.17) is 4.74 Å². The van der Waals surface area contributed by atoms with Crippen molar-refractivity contribution in [2.45, 2.75) is 19.9 Å². The van der Waals surface area contributed by atoms with E-state index in [2.05, 4.69) is 38.7 Å². The van der Waals surface area contributed by atoms with Crippen LogP contribution in [0.3, 0.4) is 0 Å². The molecule has 0 fully saturated rings. The Morgan fingerprint density at radius 2 is 1.93 bits per heavy atom. The lowest BCUT2D eigenvalue weighted by molar-refractivity contribution is -0.119. The molecule has 0 aromatic heterocycles. The molecule has 0 unspecified atom stereocenters. The van der Waals surface area contributed by atoms with Gasteiger partial charge in [-0.1, -0.05) is 30.3 Å². The van der Waals surface area contributed by atoms with Crippen molar-refractivity contribution in [1.82, 2.24) is 10.6 Å². The minimum Gasteiger partial charge on any atom is -0.497 e. The topological polar surface area (TPSA) is 66.0 Å². The molecule has 6 nitrogen and oxygen atoms in total. The fourth-order valence-corrected chi connectivity index (χ4v) is 3.10. The fourth-order valence-electron chi connectivity index (χ4n) is 3.10. The molecule has 6 heteroatoms. The van der Waals surface area contributed by atoms with Crippen LogP contribution < -0.4 is 20.3 Å². The zero-order chi connectivity index (χ0) is 19.1. The van der Waals surface area contributed by atoms with Crippen molar-refractivity contribution in [2.75, 3.05) is 31.6 Å². The quantitative estimate of drug-likeness (QED) is 0.608.